The number of hydrogen-bond donors (Lipinski definition) is 2. The van der Waals surface area contributed by atoms with Gasteiger partial charge in [-0.3, -0.25) is 0 Å². The van der Waals surface area contributed by atoms with E-state index in [1.807, 2.05) is 0 Å². The number of ether oxygens (including phenoxy) is 1. The summed E-state index contributed by atoms with van der Waals surface area (Å²) in [4.78, 5) is 10.5. The molecule has 78 valence electrons. The van der Waals surface area contributed by atoms with Gasteiger partial charge in [-0.25, -0.2) is 4.79 Å². The van der Waals surface area contributed by atoms with Gasteiger partial charge in [-0.2, -0.15) is 13.2 Å². The average molecular weight is 201 g/mol. The lowest BCUT2D eigenvalue weighted by molar-refractivity contribution is -0.201. The Kier molecular flexibility index (Phi) is 4.53. The summed E-state index contributed by atoms with van der Waals surface area (Å²) >= 11 is 0. The topological polar surface area (TPSA) is 58.6 Å². The fourth-order valence-corrected chi connectivity index (χ4v) is 0.478. The molecule has 0 bridgehead atoms. The van der Waals surface area contributed by atoms with Gasteiger partial charge in [-0.1, -0.05) is 0 Å². The summed E-state index contributed by atoms with van der Waals surface area (Å²) in [6, 6.07) is 0. The van der Waals surface area contributed by atoms with Crippen LogP contribution in [0.4, 0.5) is 18.0 Å². The maximum Gasteiger partial charge on any atom is 0.416 e. The second-order valence-electron chi connectivity index (χ2n) is 2.16. The fourth-order valence-electron chi connectivity index (χ4n) is 0.478. The van der Waals surface area contributed by atoms with Crippen LogP contribution in [0.1, 0.15) is 6.92 Å². The smallest absolute Gasteiger partial charge is 0.416 e. The molecule has 1 atom stereocenters. The molecular formula is C6H10F3NO3. The first kappa shape index (κ1) is 12.0. The second kappa shape index (κ2) is 4.90. The first-order chi connectivity index (χ1) is 5.88. The van der Waals surface area contributed by atoms with Gasteiger partial charge in [0, 0.05) is 0 Å². The molecule has 0 spiro atoms. The van der Waals surface area contributed by atoms with Gasteiger partial charge in [0.05, 0.1) is 13.2 Å². The summed E-state index contributed by atoms with van der Waals surface area (Å²) in [5.74, 6) is 0. The molecule has 0 aliphatic heterocycles. The van der Waals surface area contributed by atoms with Gasteiger partial charge in [-0.05, 0) is 6.92 Å². The molecular weight excluding hydrogens is 191 g/mol. The number of nitrogens with one attached hydrogen (secondary N) is 1. The largest absolute Gasteiger partial charge is 0.450 e. The zero-order valence-corrected chi connectivity index (χ0v) is 6.89. The maximum atomic E-state index is 11.6. The van der Waals surface area contributed by atoms with Crippen LogP contribution in [0.2, 0.25) is 0 Å². The molecule has 1 unspecified atom stereocenters. The molecule has 0 aliphatic carbocycles. The van der Waals surface area contributed by atoms with E-state index in [1.165, 1.54) is 6.92 Å². The lowest BCUT2D eigenvalue weighted by Gasteiger charge is -2.14. The van der Waals surface area contributed by atoms with Crippen molar-refractivity contribution in [1.82, 2.24) is 5.32 Å². The molecule has 0 saturated carbocycles. The zero-order chi connectivity index (χ0) is 10.5. The van der Waals surface area contributed by atoms with E-state index in [0.717, 1.165) is 0 Å². The summed E-state index contributed by atoms with van der Waals surface area (Å²) in [5, 5.41) is 10.2. The number of halogens is 3. The van der Waals surface area contributed by atoms with Crippen molar-refractivity contribution >= 4 is 6.09 Å². The molecule has 0 aromatic rings. The van der Waals surface area contributed by atoms with Crippen LogP contribution in [0.25, 0.3) is 0 Å². The Morgan fingerprint density at radius 3 is 2.54 bits per heavy atom. The highest BCUT2D eigenvalue weighted by atomic mass is 19.4. The summed E-state index contributed by atoms with van der Waals surface area (Å²) in [6.45, 7) is 0.677. The van der Waals surface area contributed by atoms with Gasteiger partial charge in [0.25, 0.3) is 0 Å². The van der Waals surface area contributed by atoms with E-state index in [0.29, 0.717) is 0 Å². The van der Waals surface area contributed by atoms with Gasteiger partial charge in [0.1, 0.15) is 0 Å². The van der Waals surface area contributed by atoms with Crippen molar-refractivity contribution in [3.8, 4) is 0 Å². The number of amides is 1. The molecule has 0 aliphatic rings. The van der Waals surface area contributed by atoms with Crippen LogP contribution in [-0.2, 0) is 4.74 Å². The van der Waals surface area contributed by atoms with Crippen molar-refractivity contribution in [3.05, 3.63) is 0 Å². The third-order valence-corrected chi connectivity index (χ3v) is 1.09. The summed E-state index contributed by atoms with van der Waals surface area (Å²) in [6.07, 6.45) is -8.26. The van der Waals surface area contributed by atoms with Crippen molar-refractivity contribution in [2.75, 3.05) is 13.2 Å². The van der Waals surface area contributed by atoms with E-state index in [1.54, 1.807) is 5.32 Å². The van der Waals surface area contributed by atoms with E-state index in [2.05, 4.69) is 4.74 Å². The van der Waals surface area contributed by atoms with E-state index in [9.17, 15) is 18.0 Å². The lowest BCUT2D eigenvalue weighted by Crippen LogP contribution is -2.40. The number of aliphatic hydroxyl groups is 1. The predicted molar refractivity (Wildman–Crippen MR) is 37.1 cm³/mol. The van der Waals surface area contributed by atoms with Gasteiger partial charge in [0.15, 0.2) is 6.10 Å². The van der Waals surface area contributed by atoms with Crippen molar-refractivity contribution in [3.63, 3.8) is 0 Å². The van der Waals surface area contributed by atoms with E-state index in [-0.39, 0.29) is 6.61 Å². The van der Waals surface area contributed by atoms with Gasteiger partial charge in [-0.15, -0.1) is 0 Å². The molecule has 2 N–H and O–H groups in total. The Balaban J connectivity index is 3.70. The predicted octanol–water partition coefficient (Wildman–Crippen LogP) is 0.656. The van der Waals surface area contributed by atoms with E-state index < -0.39 is 24.9 Å². The van der Waals surface area contributed by atoms with Crippen LogP contribution >= 0.6 is 0 Å². The monoisotopic (exact) mass is 201 g/mol. The third kappa shape index (κ3) is 5.29. The number of alkyl halides is 3. The molecule has 0 heterocycles. The lowest BCUT2D eigenvalue weighted by atomic mass is 10.3. The maximum absolute atomic E-state index is 11.6. The van der Waals surface area contributed by atoms with Crippen molar-refractivity contribution < 1.29 is 27.8 Å². The third-order valence-electron chi connectivity index (χ3n) is 1.09. The molecule has 0 radical (unpaired) electrons. The minimum absolute atomic E-state index is 0.0634. The Labute approximate surface area is 72.7 Å². The zero-order valence-electron chi connectivity index (χ0n) is 6.89. The minimum Gasteiger partial charge on any atom is -0.450 e. The minimum atomic E-state index is -4.72. The van der Waals surface area contributed by atoms with Crippen molar-refractivity contribution in [2.45, 2.75) is 19.2 Å². The average Bonchev–Trinajstić information content (AvgIpc) is 1.99. The van der Waals surface area contributed by atoms with E-state index in [4.69, 9.17) is 5.11 Å². The molecule has 13 heavy (non-hydrogen) atoms. The Morgan fingerprint density at radius 2 is 2.15 bits per heavy atom. The molecule has 0 fully saturated rings. The quantitative estimate of drug-likeness (QED) is 0.705. The molecule has 0 aromatic carbocycles. The van der Waals surface area contributed by atoms with Crippen LogP contribution in [0.5, 0.6) is 0 Å². The van der Waals surface area contributed by atoms with Crippen LogP contribution in [0.15, 0.2) is 0 Å². The van der Waals surface area contributed by atoms with Crippen LogP contribution < -0.4 is 5.32 Å². The molecule has 0 aromatic heterocycles. The number of rotatable bonds is 3. The molecule has 0 rings (SSSR count). The molecule has 1 amide bonds. The summed E-state index contributed by atoms with van der Waals surface area (Å²) in [5.41, 5.74) is 0. The molecule has 7 heteroatoms. The normalized spacial score (nSPS) is 13.6. The Hall–Kier alpha value is -0.980. The molecule has 4 nitrogen and oxygen atoms in total. The van der Waals surface area contributed by atoms with Crippen molar-refractivity contribution in [1.29, 1.82) is 0 Å². The Morgan fingerprint density at radius 1 is 1.62 bits per heavy atom. The summed E-state index contributed by atoms with van der Waals surface area (Å²) in [7, 11) is 0. The highest BCUT2D eigenvalue weighted by Crippen LogP contribution is 2.19. The summed E-state index contributed by atoms with van der Waals surface area (Å²) < 4.78 is 39.2. The van der Waals surface area contributed by atoms with Crippen LogP contribution in [-0.4, -0.2) is 36.6 Å². The number of carbonyl (C=O) groups excluding carboxylic acids is 1. The standard InChI is InChI=1S/C6H10F3NO3/c1-2-13-5(12)10-3-4(11)6(7,8)9/h4,11H,2-3H2,1H3,(H,10,12). The van der Waals surface area contributed by atoms with E-state index >= 15 is 0 Å². The number of alkyl carbamates (subject to hydrolysis) is 1. The first-order valence-electron chi connectivity index (χ1n) is 3.53. The van der Waals surface area contributed by atoms with Crippen LogP contribution in [0.3, 0.4) is 0 Å². The van der Waals surface area contributed by atoms with Gasteiger partial charge >= 0.3 is 12.3 Å². The number of carbonyl (C=O) groups is 1. The second-order valence-corrected chi connectivity index (χ2v) is 2.16. The Bertz CT molecular complexity index is 171. The SMILES string of the molecule is CCOC(=O)NCC(O)C(F)(F)F. The molecule has 0 saturated heterocycles. The van der Waals surface area contributed by atoms with Gasteiger partial charge < -0.3 is 15.2 Å². The number of aliphatic hydroxyl groups excluding tert-OH is 1. The number of hydrogen-bond acceptors (Lipinski definition) is 3. The highest BCUT2D eigenvalue weighted by molar-refractivity contribution is 5.67. The fraction of sp³-hybridized carbons (Fsp3) is 0.833. The highest BCUT2D eigenvalue weighted by Gasteiger charge is 2.38. The van der Waals surface area contributed by atoms with Gasteiger partial charge in [0.2, 0.25) is 0 Å². The van der Waals surface area contributed by atoms with Crippen molar-refractivity contribution in [2.24, 2.45) is 0 Å². The first-order valence-corrected chi connectivity index (χ1v) is 3.53. The van der Waals surface area contributed by atoms with Crippen LogP contribution in [0, 0.1) is 0 Å².